The van der Waals surface area contributed by atoms with Crippen molar-refractivity contribution < 1.29 is 19.8 Å². The Balaban J connectivity index is 1.97. The van der Waals surface area contributed by atoms with E-state index in [1.54, 1.807) is 0 Å². The Hall–Kier alpha value is -1.93. The fourth-order valence-electron chi connectivity index (χ4n) is 4.21. The first-order chi connectivity index (χ1) is 12.4. The lowest BCUT2D eigenvalue weighted by atomic mass is 9.62. The van der Waals surface area contributed by atoms with Crippen LogP contribution in [0.4, 0.5) is 5.82 Å². The Bertz CT molecular complexity index is 731. The number of aromatic nitrogens is 1. The third-order valence-corrected chi connectivity index (χ3v) is 5.99. The van der Waals surface area contributed by atoms with E-state index < -0.39 is 11.9 Å². The van der Waals surface area contributed by atoms with E-state index in [2.05, 4.69) is 31.1 Å². The monoisotopic (exact) mass is 423 g/mol. The van der Waals surface area contributed by atoms with Crippen molar-refractivity contribution in [3.05, 3.63) is 34.5 Å². The topological polar surface area (TPSA) is 103 Å². The molecule has 2 saturated heterocycles. The minimum Gasteiger partial charge on any atom is -0.478 e. The van der Waals surface area contributed by atoms with Crippen molar-refractivity contribution in [3.8, 4) is 0 Å². The Morgan fingerprint density at radius 3 is 2.62 bits per heavy atom. The fraction of sp³-hybridized carbons (Fsp3) is 0.500. The van der Waals surface area contributed by atoms with Crippen molar-refractivity contribution in [1.29, 1.82) is 0 Å². The number of carboxylic acids is 2. The molecule has 0 saturated carbocycles. The number of halogens is 1. The first-order valence-corrected chi connectivity index (χ1v) is 9.47. The molecular weight excluding hydrogens is 402 g/mol. The minimum atomic E-state index is -1.22. The second-order valence-electron chi connectivity index (χ2n) is 6.92. The zero-order valence-corrected chi connectivity index (χ0v) is 15.9. The second-order valence-corrected chi connectivity index (χ2v) is 7.74. The first-order valence-electron chi connectivity index (χ1n) is 8.67. The maximum atomic E-state index is 11.9. The molecule has 1 unspecified atom stereocenters. The quantitative estimate of drug-likeness (QED) is 0.503. The zero-order chi connectivity index (χ0) is 18.7. The molecule has 1 aromatic heterocycles. The van der Waals surface area contributed by atoms with Crippen molar-refractivity contribution in [3.63, 3.8) is 0 Å². The molecule has 26 heavy (non-hydrogen) atoms. The van der Waals surface area contributed by atoms with Gasteiger partial charge in [-0.2, -0.15) is 0 Å². The molecule has 2 aliphatic heterocycles. The summed E-state index contributed by atoms with van der Waals surface area (Å²) in [7, 11) is 0. The lowest BCUT2D eigenvalue weighted by Crippen LogP contribution is -2.53. The number of hydrogen-bond acceptors (Lipinski definition) is 5. The summed E-state index contributed by atoms with van der Waals surface area (Å²) < 4.78 is 0.716. The standard InChI is InChI=1S/C18H22BrN3O4/c19-14-2-1-3-15(21-14)22-9-6-18(4-7-20-8-5-18)13(11-22)12(17(25)26)10-16(23)24/h1-3,10,13,20H,4-9,11H2,(H,23,24)(H,25,26)/b12-10+. The Morgan fingerprint density at radius 1 is 1.27 bits per heavy atom. The number of carboxylic acid groups (broad SMARTS) is 2. The first kappa shape index (κ1) is 18.8. The van der Waals surface area contributed by atoms with E-state index in [4.69, 9.17) is 0 Å². The summed E-state index contributed by atoms with van der Waals surface area (Å²) in [5.74, 6) is -1.95. The highest BCUT2D eigenvalue weighted by molar-refractivity contribution is 9.10. The van der Waals surface area contributed by atoms with Crippen molar-refractivity contribution in [2.75, 3.05) is 31.1 Å². The van der Waals surface area contributed by atoms with E-state index >= 15 is 0 Å². The molecule has 0 amide bonds. The average Bonchev–Trinajstić information content (AvgIpc) is 2.61. The van der Waals surface area contributed by atoms with Crippen LogP contribution in [0.5, 0.6) is 0 Å². The third-order valence-electron chi connectivity index (χ3n) is 5.55. The van der Waals surface area contributed by atoms with Gasteiger partial charge in [-0.05, 0) is 65.8 Å². The van der Waals surface area contributed by atoms with E-state index in [9.17, 15) is 19.8 Å². The normalized spacial score (nSPS) is 23.0. The molecule has 0 aromatic carbocycles. The number of hydrogen-bond donors (Lipinski definition) is 3. The number of anilines is 1. The molecular formula is C18H22BrN3O4. The van der Waals surface area contributed by atoms with Gasteiger partial charge in [0.05, 0.1) is 0 Å². The summed E-state index contributed by atoms with van der Waals surface area (Å²) in [4.78, 5) is 29.6. The molecule has 3 rings (SSSR count). The predicted molar refractivity (Wildman–Crippen MR) is 100 cm³/mol. The number of carbonyl (C=O) groups is 2. The van der Waals surface area contributed by atoms with Gasteiger partial charge in [-0.25, -0.2) is 14.6 Å². The number of rotatable bonds is 4. The van der Waals surface area contributed by atoms with Crippen LogP contribution in [0.1, 0.15) is 19.3 Å². The Morgan fingerprint density at radius 2 is 2.00 bits per heavy atom. The van der Waals surface area contributed by atoms with Gasteiger partial charge in [-0.15, -0.1) is 0 Å². The minimum absolute atomic E-state index is 0.0147. The van der Waals surface area contributed by atoms with Crippen molar-refractivity contribution in [2.45, 2.75) is 19.3 Å². The fourth-order valence-corrected chi connectivity index (χ4v) is 4.55. The van der Waals surface area contributed by atoms with Crippen LogP contribution >= 0.6 is 15.9 Å². The molecule has 0 radical (unpaired) electrons. The van der Waals surface area contributed by atoms with Gasteiger partial charge in [-0.3, -0.25) is 0 Å². The molecule has 0 aliphatic carbocycles. The SMILES string of the molecule is O=C(O)/C=C(/C(=O)O)C1CN(c2cccc(Br)n2)CCC12CCNCC2. The summed E-state index contributed by atoms with van der Waals surface area (Å²) in [5, 5.41) is 22.2. The van der Waals surface area contributed by atoms with E-state index in [1.165, 1.54) is 0 Å². The maximum Gasteiger partial charge on any atom is 0.332 e. The van der Waals surface area contributed by atoms with Crippen LogP contribution in [0.15, 0.2) is 34.5 Å². The number of piperidine rings is 2. The van der Waals surface area contributed by atoms with Gasteiger partial charge in [-0.1, -0.05) is 6.07 Å². The van der Waals surface area contributed by atoms with Gasteiger partial charge < -0.3 is 20.4 Å². The van der Waals surface area contributed by atoms with Gasteiger partial charge in [0.1, 0.15) is 10.4 Å². The summed E-state index contributed by atoms with van der Waals surface area (Å²) in [6.45, 7) is 2.88. The molecule has 1 atom stereocenters. The maximum absolute atomic E-state index is 11.9. The highest BCUT2D eigenvalue weighted by Crippen LogP contribution is 2.47. The van der Waals surface area contributed by atoms with Gasteiger partial charge in [0.15, 0.2) is 0 Å². The summed E-state index contributed by atoms with van der Waals surface area (Å²) in [6.07, 6.45) is 3.38. The highest BCUT2D eigenvalue weighted by atomic mass is 79.9. The number of pyridine rings is 1. The number of nitrogens with zero attached hydrogens (tertiary/aromatic N) is 2. The van der Waals surface area contributed by atoms with Gasteiger partial charge >= 0.3 is 11.9 Å². The zero-order valence-electron chi connectivity index (χ0n) is 14.3. The van der Waals surface area contributed by atoms with E-state index in [-0.39, 0.29) is 16.9 Å². The molecule has 2 fully saturated rings. The van der Waals surface area contributed by atoms with Crippen molar-refractivity contribution in [2.24, 2.45) is 11.3 Å². The molecule has 8 heteroatoms. The second kappa shape index (κ2) is 7.75. The smallest absolute Gasteiger partial charge is 0.332 e. The molecule has 2 aliphatic rings. The lowest BCUT2D eigenvalue weighted by molar-refractivity contribution is -0.136. The molecule has 7 nitrogen and oxygen atoms in total. The van der Waals surface area contributed by atoms with Crippen LogP contribution in [-0.4, -0.2) is 53.3 Å². The highest BCUT2D eigenvalue weighted by Gasteiger charge is 2.47. The Kier molecular flexibility index (Phi) is 5.62. The lowest BCUT2D eigenvalue weighted by Gasteiger charge is -2.50. The summed E-state index contributed by atoms with van der Waals surface area (Å²) >= 11 is 3.37. The third kappa shape index (κ3) is 3.91. The van der Waals surface area contributed by atoms with Crippen molar-refractivity contribution in [1.82, 2.24) is 10.3 Å². The molecule has 1 aromatic rings. The summed E-state index contributed by atoms with van der Waals surface area (Å²) in [6, 6.07) is 5.62. The van der Waals surface area contributed by atoms with Crippen LogP contribution in [0, 0.1) is 11.3 Å². The number of nitrogens with one attached hydrogen (secondary N) is 1. The van der Waals surface area contributed by atoms with Gasteiger partial charge in [0.25, 0.3) is 0 Å². The van der Waals surface area contributed by atoms with E-state index in [1.807, 2.05) is 18.2 Å². The van der Waals surface area contributed by atoms with Crippen LogP contribution in [0.2, 0.25) is 0 Å². The van der Waals surface area contributed by atoms with Crippen LogP contribution in [-0.2, 0) is 9.59 Å². The number of aliphatic carboxylic acids is 2. The molecule has 140 valence electrons. The van der Waals surface area contributed by atoms with Crippen LogP contribution in [0.25, 0.3) is 0 Å². The Labute approximate surface area is 160 Å². The van der Waals surface area contributed by atoms with E-state index in [0.29, 0.717) is 11.1 Å². The average molecular weight is 424 g/mol. The molecule has 1 spiro atoms. The molecule has 3 heterocycles. The van der Waals surface area contributed by atoms with E-state index in [0.717, 1.165) is 50.8 Å². The van der Waals surface area contributed by atoms with Gasteiger partial charge in [0, 0.05) is 30.7 Å². The molecule has 0 bridgehead atoms. The van der Waals surface area contributed by atoms with Crippen LogP contribution in [0.3, 0.4) is 0 Å². The van der Waals surface area contributed by atoms with Gasteiger partial charge in [0.2, 0.25) is 0 Å². The largest absolute Gasteiger partial charge is 0.478 e. The van der Waals surface area contributed by atoms with Crippen LogP contribution < -0.4 is 10.2 Å². The summed E-state index contributed by atoms with van der Waals surface area (Å²) in [5.41, 5.74) is -0.202. The molecule has 3 N–H and O–H groups in total. The predicted octanol–water partition coefficient (Wildman–Crippen LogP) is 2.14. The van der Waals surface area contributed by atoms with Crippen molar-refractivity contribution >= 4 is 33.7 Å².